The summed E-state index contributed by atoms with van der Waals surface area (Å²) >= 11 is 6.62. The molecule has 252 valence electrons. The van der Waals surface area contributed by atoms with Gasteiger partial charge in [0.05, 0.1) is 17.7 Å². The van der Waals surface area contributed by atoms with Crippen LogP contribution in [0.25, 0.3) is 0 Å². The van der Waals surface area contributed by atoms with Crippen molar-refractivity contribution >= 4 is 39.1 Å². The molecule has 1 saturated carbocycles. The molecule has 5 rings (SSSR count). The summed E-state index contributed by atoms with van der Waals surface area (Å²) in [6, 6.07) is 27.4. The first-order valence-corrected chi connectivity index (χ1v) is 18.0. The number of ether oxygens (including phenoxy) is 1. The quantitative estimate of drug-likeness (QED) is 0.166. The van der Waals surface area contributed by atoms with Crippen molar-refractivity contribution in [3.05, 3.63) is 124 Å². The SMILES string of the molecule is COc1ccc(C)cc1N(CC(=O)N(Cc1ccccc1Cl)C(Cc1ccccc1)C(=O)NC1CCCC1)S(=O)(=O)c1ccc(C)cc1. The second kappa shape index (κ2) is 15.7. The Bertz CT molecular complexity index is 1830. The van der Waals surface area contributed by atoms with Gasteiger partial charge in [-0.1, -0.05) is 96.7 Å². The maximum Gasteiger partial charge on any atom is 0.264 e. The highest BCUT2D eigenvalue weighted by molar-refractivity contribution is 7.92. The first-order valence-electron chi connectivity index (χ1n) is 16.2. The number of hydrogen-bond acceptors (Lipinski definition) is 5. The maximum atomic E-state index is 14.8. The summed E-state index contributed by atoms with van der Waals surface area (Å²) in [5.74, 6) is -0.551. The van der Waals surface area contributed by atoms with Crippen LogP contribution in [0.1, 0.15) is 47.9 Å². The van der Waals surface area contributed by atoms with Gasteiger partial charge in [-0.05, 0) is 73.7 Å². The smallest absolute Gasteiger partial charge is 0.264 e. The van der Waals surface area contributed by atoms with E-state index in [1.807, 2.05) is 62.4 Å². The first-order chi connectivity index (χ1) is 23.1. The van der Waals surface area contributed by atoms with E-state index < -0.39 is 28.5 Å². The molecule has 0 heterocycles. The third-order valence-corrected chi connectivity index (χ3v) is 10.9. The van der Waals surface area contributed by atoms with E-state index >= 15 is 0 Å². The Balaban J connectivity index is 1.61. The molecule has 0 radical (unpaired) electrons. The minimum Gasteiger partial charge on any atom is -0.495 e. The van der Waals surface area contributed by atoms with E-state index in [0.29, 0.717) is 16.3 Å². The third-order valence-electron chi connectivity index (χ3n) is 8.76. The van der Waals surface area contributed by atoms with Gasteiger partial charge in [0.25, 0.3) is 10.0 Å². The van der Waals surface area contributed by atoms with Gasteiger partial charge in [-0.25, -0.2) is 8.42 Å². The molecule has 1 fully saturated rings. The topological polar surface area (TPSA) is 96.0 Å². The lowest BCUT2D eigenvalue weighted by molar-refractivity contribution is -0.140. The van der Waals surface area contributed by atoms with Crippen LogP contribution >= 0.6 is 11.6 Å². The van der Waals surface area contributed by atoms with Crippen LogP contribution in [0.2, 0.25) is 5.02 Å². The van der Waals surface area contributed by atoms with Crippen molar-refractivity contribution in [1.82, 2.24) is 10.2 Å². The second-order valence-electron chi connectivity index (χ2n) is 12.3. The van der Waals surface area contributed by atoms with Gasteiger partial charge in [0.15, 0.2) is 0 Å². The van der Waals surface area contributed by atoms with Crippen molar-refractivity contribution in [3.8, 4) is 5.75 Å². The highest BCUT2D eigenvalue weighted by Crippen LogP contribution is 2.34. The lowest BCUT2D eigenvalue weighted by Gasteiger charge is -2.34. The van der Waals surface area contributed by atoms with Crippen molar-refractivity contribution in [2.75, 3.05) is 18.0 Å². The number of halogens is 1. The highest BCUT2D eigenvalue weighted by atomic mass is 35.5. The number of hydrogen-bond donors (Lipinski definition) is 1. The molecule has 4 aromatic carbocycles. The van der Waals surface area contributed by atoms with Crippen LogP contribution in [0.3, 0.4) is 0 Å². The Morgan fingerprint density at radius 3 is 2.21 bits per heavy atom. The predicted octanol–water partition coefficient (Wildman–Crippen LogP) is 6.86. The number of amides is 2. The van der Waals surface area contributed by atoms with E-state index in [1.165, 1.54) is 24.1 Å². The molecular weight excluding hydrogens is 646 g/mol. The standard InChI is InChI=1S/C38H42ClN3O5S/c1-27-17-20-32(21-18-27)48(45,46)42(34-23-28(2)19-22-36(34)47-3)26-37(43)41(25-30-13-7-10-16-33(30)39)35(24-29-11-5-4-6-12-29)38(44)40-31-14-8-9-15-31/h4-7,10-13,16-23,31,35H,8-9,14-15,24-26H2,1-3H3,(H,40,44). The van der Waals surface area contributed by atoms with Crippen LogP contribution < -0.4 is 14.4 Å². The zero-order chi connectivity index (χ0) is 34.3. The fraction of sp³-hybridized carbons (Fsp3) is 0.316. The van der Waals surface area contributed by atoms with Crippen molar-refractivity contribution in [1.29, 1.82) is 0 Å². The normalized spacial score (nSPS) is 13.9. The summed E-state index contributed by atoms with van der Waals surface area (Å²) < 4.78 is 35.5. The molecule has 4 aromatic rings. The number of anilines is 1. The Hall–Kier alpha value is -4.34. The van der Waals surface area contributed by atoms with Gasteiger partial charge in [0, 0.05) is 24.0 Å². The Kier molecular flexibility index (Phi) is 11.4. The van der Waals surface area contributed by atoms with Crippen molar-refractivity contribution in [2.24, 2.45) is 0 Å². The Morgan fingerprint density at radius 2 is 1.54 bits per heavy atom. The average Bonchev–Trinajstić information content (AvgIpc) is 3.59. The van der Waals surface area contributed by atoms with Crippen LogP contribution in [0.15, 0.2) is 102 Å². The molecule has 0 bridgehead atoms. The zero-order valence-corrected chi connectivity index (χ0v) is 29.1. The minimum atomic E-state index is -4.27. The average molecular weight is 688 g/mol. The molecule has 1 atom stereocenters. The molecule has 0 spiro atoms. The van der Waals surface area contributed by atoms with Crippen LogP contribution in [0, 0.1) is 13.8 Å². The fourth-order valence-corrected chi connectivity index (χ4v) is 7.69. The summed E-state index contributed by atoms with van der Waals surface area (Å²) in [6.07, 6.45) is 4.03. The van der Waals surface area contributed by atoms with Crippen molar-refractivity contribution in [3.63, 3.8) is 0 Å². The summed E-state index contributed by atoms with van der Waals surface area (Å²) in [7, 11) is -2.82. The summed E-state index contributed by atoms with van der Waals surface area (Å²) in [5, 5.41) is 3.63. The summed E-state index contributed by atoms with van der Waals surface area (Å²) in [5.41, 5.74) is 3.41. The van der Waals surface area contributed by atoms with Gasteiger partial charge < -0.3 is 15.0 Å². The predicted molar refractivity (Wildman–Crippen MR) is 190 cm³/mol. The molecule has 2 amide bonds. The summed E-state index contributed by atoms with van der Waals surface area (Å²) in [4.78, 5) is 30.5. The molecule has 10 heteroatoms. The lowest BCUT2D eigenvalue weighted by atomic mass is 10.0. The molecule has 48 heavy (non-hydrogen) atoms. The zero-order valence-electron chi connectivity index (χ0n) is 27.6. The number of sulfonamides is 1. The number of carbonyl (C=O) groups is 2. The molecule has 1 aliphatic rings. The molecular formula is C38H42ClN3O5S. The number of benzene rings is 4. The van der Waals surface area contributed by atoms with Gasteiger partial charge in [-0.3, -0.25) is 13.9 Å². The maximum absolute atomic E-state index is 14.8. The number of carbonyl (C=O) groups excluding carboxylic acids is 2. The van der Waals surface area contributed by atoms with E-state index in [4.69, 9.17) is 16.3 Å². The van der Waals surface area contributed by atoms with E-state index in [9.17, 15) is 18.0 Å². The monoisotopic (exact) mass is 687 g/mol. The molecule has 0 saturated heterocycles. The summed E-state index contributed by atoms with van der Waals surface area (Å²) in [6.45, 7) is 3.13. The van der Waals surface area contributed by atoms with Gasteiger partial charge >= 0.3 is 0 Å². The van der Waals surface area contributed by atoms with E-state index in [1.54, 1.807) is 36.4 Å². The number of nitrogens with one attached hydrogen (secondary N) is 1. The van der Waals surface area contributed by atoms with Gasteiger partial charge in [-0.15, -0.1) is 0 Å². The Labute approximate surface area is 288 Å². The van der Waals surface area contributed by atoms with Crippen LogP contribution in [0.5, 0.6) is 5.75 Å². The molecule has 1 N–H and O–H groups in total. The van der Waals surface area contributed by atoms with Gasteiger partial charge in [-0.2, -0.15) is 0 Å². The van der Waals surface area contributed by atoms with Crippen molar-refractivity contribution < 1.29 is 22.7 Å². The lowest BCUT2D eigenvalue weighted by Crippen LogP contribution is -2.54. The van der Waals surface area contributed by atoms with E-state index in [2.05, 4.69) is 5.32 Å². The molecule has 0 aliphatic heterocycles. The van der Waals surface area contributed by atoms with E-state index in [0.717, 1.165) is 46.7 Å². The fourth-order valence-electron chi connectivity index (χ4n) is 6.08. The van der Waals surface area contributed by atoms with Gasteiger partial charge in [0.2, 0.25) is 11.8 Å². The van der Waals surface area contributed by atoms with Crippen LogP contribution in [-0.4, -0.2) is 50.9 Å². The number of nitrogens with zero attached hydrogens (tertiary/aromatic N) is 2. The number of rotatable bonds is 13. The second-order valence-corrected chi connectivity index (χ2v) is 14.6. The molecule has 1 unspecified atom stereocenters. The molecule has 8 nitrogen and oxygen atoms in total. The van der Waals surface area contributed by atoms with Gasteiger partial charge in [0.1, 0.15) is 18.3 Å². The minimum absolute atomic E-state index is 0.00251. The number of aryl methyl sites for hydroxylation is 2. The number of methoxy groups -OCH3 is 1. The molecule has 1 aliphatic carbocycles. The van der Waals surface area contributed by atoms with E-state index in [-0.39, 0.29) is 35.5 Å². The van der Waals surface area contributed by atoms with Crippen LogP contribution in [-0.2, 0) is 32.6 Å². The van der Waals surface area contributed by atoms with Crippen molar-refractivity contribution in [2.45, 2.75) is 69.5 Å². The Morgan fingerprint density at radius 1 is 0.896 bits per heavy atom. The largest absolute Gasteiger partial charge is 0.495 e. The molecule has 0 aromatic heterocycles. The highest BCUT2D eigenvalue weighted by Gasteiger charge is 2.36. The first kappa shape index (κ1) is 35.0. The third kappa shape index (κ3) is 8.38. The van der Waals surface area contributed by atoms with Crippen LogP contribution in [0.4, 0.5) is 5.69 Å².